The maximum absolute atomic E-state index is 5.70. The van der Waals surface area contributed by atoms with Gasteiger partial charge < -0.3 is 25.4 Å². The average Bonchev–Trinajstić information content (AvgIpc) is 2.62. The van der Waals surface area contributed by atoms with E-state index in [-0.39, 0.29) is 0 Å². The summed E-state index contributed by atoms with van der Waals surface area (Å²) in [5.41, 5.74) is 6.75. The van der Waals surface area contributed by atoms with E-state index >= 15 is 0 Å². The smallest absolute Gasteiger partial charge is 0.221 e. The highest BCUT2D eigenvalue weighted by atomic mass is 16.6. The van der Waals surface area contributed by atoms with Gasteiger partial charge in [-0.1, -0.05) is 0 Å². The Labute approximate surface area is 140 Å². The number of piperidine rings is 1. The number of benzene rings is 1. The van der Waals surface area contributed by atoms with Gasteiger partial charge >= 0.3 is 0 Å². The Morgan fingerprint density at radius 3 is 2.92 bits per heavy atom. The number of anilines is 3. The van der Waals surface area contributed by atoms with Crippen LogP contribution in [0, 0.1) is 0 Å². The van der Waals surface area contributed by atoms with Gasteiger partial charge in [-0.3, -0.25) is 0 Å². The van der Waals surface area contributed by atoms with Crippen LogP contribution in [0.15, 0.2) is 30.5 Å². The monoisotopic (exact) mass is 327 g/mol. The van der Waals surface area contributed by atoms with Gasteiger partial charge in [0.2, 0.25) is 5.95 Å². The van der Waals surface area contributed by atoms with Crippen molar-refractivity contribution in [3.05, 3.63) is 30.5 Å². The molecule has 0 spiro atoms. The molecule has 7 heteroatoms. The van der Waals surface area contributed by atoms with Crippen LogP contribution in [0.25, 0.3) is 0 Å². The van der Waals surface area contributed by atoms with Crippen molar-refractivity contribution in [1.82, 2.24) is 9.97 Å². The molecule has 0 aliphatic carbocycles. The fourth-order valence-electron chi connectivity index (χ4n) is 3.21. The van der Waals surface area contributed by atoms with Gasteiger partial charge in [-0.25, -0.2) is 4.98 Å². The van der Waals surface area contributed by atoms with E-state index in [4.69, 9.17) is 15.2 Å². The molecule has 1 aromatic carbocycles. The molecule has 2 aromatic rings. The van der Waals surface area contributed by atoms with Gasteiger partial charge in [0, 0.05) is 37.1 Å². The summed E-state index contributed by atoms with van der Waals surface area (Å²) in [6.07, 6.45) is 3.92. The number of hydrogen-bond donors (Lipinski definition) is 2. The standard InChI is InChI=1S/C17H21N5O2/c18-17-19-6-5-16(21-17)22-7-1-2-13(11-22)20-12-3-4-14-15(10-12)24-9-8-23-14/h3-6,10,13,20H,1-2,7-9,11H2,(H2,18,19,21). The molecule has 1 aromatic heterocycles. The third kappa shape index (κ3) is 3.15. The molecule has 126 valence electrons. The van der Waals surface area contributed by atoms with Crippen molar-refractivity contribution in [1.29, 1.82) is 0 Å². The molecule has 3 N–H and O–H groups in total. The summed E-state index contributed by atoms with van der Waals surface area (Å²) >= 11 is 0. The van der Waals surface area contributed by atoms with Crippen molar-refractivity contribution in [2.75, 3.05) is 42.3 Å². The molecule has 1 atom stereocenters. The summed E-state index contributed by atoms with van der Waals surface area (Å²) in [5, 5.41) is 3.59. The Kier molecular flexibility index (Phi) is 3.98. The lowest BCUT2D eigenvalue weighted by Crippen LogP contribution is -2.42. The van der Waals surface area contributed by atoms with Crippen molar-refractivity contribution in [3.8, 4) is 11.5 Å². The highest BCUT2D eigenvalue weighted by molar-refractivity contribution is 5.56. The van der Waals surface area contributed by atoms with E-state index in [0.717, 1.165) is 48.9 Å². The predicted octanol–water partition coefficient (Wildman–Crippen LogP) is 1.91. The van der Waals surface area contributed by atoms with Crippen molar-refractivity contribution >= 4 is 17.5 Å². The topological polar surface area (TPSA) is 85.5 Å². The van der Waals surface area contributed by atoms with Crippen LogP contribution in [0.4, 0.5) is 17.5 Å². The lowest BCUT2D eigenvalue weighted by atomic mass is 10.1. The van der Waals surface area contributed by atoms with Gasteiger partial charge in [-0.05, 0) is 31.0 Å². The molecule has 7 nitrogen and oxygen atoms in total. The Morgan fingerprint density at radius 1 is 1.17 bits per heavy atom. The molecule has 0 saturated carbocycles. The number of nitrogens with zero attached hydrogens (tertiary/aromatic N) is 3. The van der Waals surface area contributed by atoms with Crippen molar-refractivity contribution in [3.63, 3.8) is 0 Å². The van der Waals surface area contributed by atoms with E-state index in [0.29, 0.717) is 25.2 Å². The molecule has 0 bridgehead atoms. The number of aromatic nitrogens is 2. The van der Waals surface area contributed by atoms with Crippen LogP contribution < -0.4 is 25.4 Å². The van der Waals surface area contributed by atoms with Crippen LogP contribution >= 0.6 is 0 Å². The molecule has 2 aliphatic rings. The summed E-state index contributed by atoms with van der Waals surface area (Å²) in [6.45, 7) is 3.07. The van der Waals surface area contributed by atoms with Crippen molar-refractivity contribution < 1.29 is 9.47 Å². The molecule has 2 aliphatic heterocycles. The molecule has 1 fully saturated rings. The summed E-state index contributed by atoms with van der Waals surface area (Å²) in [7, 11) is 0. The number of nitrogen functional groups attached to an aromatic ring is 1. The Balaban J connectivity index is 1.45. The lowest BCUT2D eigenvalue weighted by molar-refractivity contribution is 0.171. The minimum absolute atomic E-state index is 0.314. The first-order valence-corrected chi connectivity index (χ1v) is 8.27. The third-order valence-electron chi connectivity index (χ3n) is 4.32. The fourth-order valence-corrected chi connectivity index (χ4v) is 3.21. The Morgan fingerprint density at radius 2 is 2.04 bits per heavy atom. The second kappa shape index (κ2) is 6.43. The first-order chi connectivity index (χ1) is 11.8. The maximum Gasteiger partial charge on any atom is 0.221 e. The Hall–Kier alpha value is -2.70. The zero-order chi connectivity index (χ0) is 16.4. The minimum atomic E-state index is 0.314. The van der Waals surface area contributed by atoms with Crippen LogP contribution in [0.2, 0.25) is 0 Å². The third-order valence-corrected chi connectivity index (χ3v) is 4.32. The summed E-state index contributed by atoms with van der Waals surface area (Å²) < 4.78 is 11.2. The summed E-state index contributed by atoms with van der Waals surface area (Å²) in [4.78, 5) is 10.5. The number of nitrogens with two attached hydrogens (primary N) is 1. The lowest BCUT2D eigenvalue weighted by Gasteiger charge is -2.34. The normalized spacial score (nSPS) is 19.8. The molecule has 24 heavy (non-hydrogen) atoms. The average molecular weight is 327 g/mol. The molecule has 1 saturated heterocycles. The van der Waals surface area contributed by atoms with Gasteiger partial charge in [0.15, 0.2) is 11.5 Å². The highest BCUT2D eigenvalue weighted by Gasteiger charge is 2.22. The van der Waals surface area contributed by atoms with E-state index < -0.39 is 0 Å². The fraction of sp³-hybridized carbons (Fsp3) is 0.412. The predicted molar refractivity (Wildman–Crippen MR) is 92.7 cm³/mol. The van der Waals surface area contributed by atoms with Gasteiger partial charge in [-0.2, -0.15) is 4.98 Å². The number of ether oxygens (including phenoxy) is 2. The van der Waals surface area contributed by atoms with Gasteiger partial charge in [0.05, 0.1) is 0 Å². The first-order valence-electron chi connectivity index (χ1n) is 8.27. The van der Waals surface area contributed by atoms with Crippen molar-refractivity contribution in [2.24, 2.45) is 0 Å². The van der Waals surface area contributed by atoms with Crippen LogP contribution in [-0.4, -0.2) is 42.3 Å². The molecule has 1 unspecified atom stereocenters. The van der Waals surface area contributed by atoms with Gasteiger partial charge in [0.1, 0.15) is 19.0 Å². The quantitative estimate of drug-likeness (QED) is 0.890. The van der Waals surface area contributed by atoms with Gasteiger partial charge in [0.25, 0.3) is 0 Å². The molecule has 0 amide bonds. The largest absolute Gasteiger partial charge is 0.486 e. The number of hydrogen-bond acceptors (Lipinski definition) is 7. The molecule has 3 heterocycles. The van der Waals surface area contributed by atoms with E-state index in [1.54, 1.807) is 6.20 Å². The SMILES string of the molecule is Nc1nccc(N2CCCC(Nc3ccc4c(c3)OCCO4)C2)n1. The summed E-state index contributed by atoms with van der Waals surface area (Å²) in [6, 6.07) is 8.26. The zero-order valence-electron chi connectivity index (χ0n) is 13.4. The minimum Gasteiger partial charge on any atom is -0.486 e. The van der Waals surface area contributed by atoms with Crippen molar-refractivity contribution in [2.45, 2.75) is 18.9 Å². The second-order valence-electron chi connectivity index (χ2n) is 6.06. The molecule has 4 rings (SSSR count). The van der Waals surface area contributed by atoms with E-state index in [2.05, 4.69) is 20.2 Å². The van der Waals surface area contributed by atoms with E-state index in [1.807, 2.05) is 24.3 Å². The number of rotatable bonds is 3. The highest BCUT2D eigenvalue weighted by Crippen LogP contribution is 2.33. The van der Waals surface area contributed by atoms with Gasteiger partial charge in [-0.15, -0.1) is 0 Å². The molecule has 0 radical (unpaired) electrons. The zero-order valence-corrected chi connectivity index (χ0v) is 13.4. The Bertz CT molecular complexity index is 724. The number of nitrogens with one attached hydrogen (secondary N) is 1. The second-order valence-corrected chi connectivity index (χ2v) is 6.06. The maximum atomic E-state index is 5.70. The number of fused-ring (bicyclic) bond motifs is 1. The van der Waals surface area contributed by atoms with Crippen LogP contribution in [0.1, 0.15) is 12.8 Å². The van der Waals surface area contributed by atoms with E-state index in [1.165, 1.54) is 0 Å². The summed E-state index contributed by atoms with van der Waals surface area (Å²) in [5.74, 6) is 2.82. The first kappa shape index (κ1) is 14.9. The van der Waals surface area contributed by atoms with E-state index in [9.17, 15) is 0 Å². The van der Waals surface area contributed by atoms with Crippen LogP contribution in [-0.2, 0) is 0 Å². The van der Waals surface area contributed by atoms with Crippen LogP contribution in [0.3, 0.4) is 0 Å². The molecular formula is C17H21N5O2. The van der Waals surface area contributed by atoms with Crippen LogP contribution in [0.5, 0.6) is 11.5 Å². The molecular weight excluding hydrogens is 306 g/mol.